The lowest BCUT2D eigenvalue weighted by Crippen LogP contribution is -2.38. The summed E-state index contributed by atoms with van der Waals surface area (Å²) < 4.78 is 7.39. The molecule has 1 N–H and O–H groups in total. The highest BCUT2D eigenvalue weighted by Crippen LogP contribution is 2.27. The molecule has 8 nitrogen and oxygen atoms in total. The number of para-hydroxylation sites is 1. The van der Waals surface area contributed by atoms with Crippen LogP contribution in [0.25, 0.3) is 0 Å². The Balaban J connectivity index is 1.46. The maximum Gasteiger partial charge on any atom is 0.228 e. The Kier molecular flexibility index (Phi) is 4.02. The number of β-amino-alcohol motifs (C(OH)–C–C–N with tert-alkyl or cyclic N) is 1. The molecule has 3 aromatic rings. The van der Waals surface area contributed by atoms with Crippen LogP contribution in [0.1, 0.15) is 6.42 Å². The maximum absolute atomic E-state index is 10.8. The third-order valence-corrected chi connectivity index (χ3v) is 4.13. The van der Waals surface area contributed by atoms with E-state index in [0.717, 1.165) is 5.75 Å². The van der Waals surface area contributed by atoms with Gasteiger partial charge in [0.15, 0.2) is 0 Å². The van der Waals surface area contributed by atoms with E-state index in [4.69, 9.17) is 4.74 Å². The summed E-state index contributed by atoms with van der Waals surface area (Å²) in [6, 6.07) is 11.2. The molecule has 1 aliphatic rings. The van der Waals surface area contributed by atoms with Crippen molar-refractivity contribution in [1.82, 2.24) is 25.0 Å². The van der Waals surface area contributed by atoms with Gasteiger partial charge < -0.3 is 14.7 Å². The minimum atomic E-state index is -0.882. The van der Waals surface area contributed by atoms with Crippen molar-refractivity contribution in [3.63, 3.8) is 0 Å². The van der Waals surface area contributed by atoms with Crippen molar-refractivity contribution in [3.05, 3.63) is 55.0 Å². The van der Waals surface area contributed by atoms with Crippen molar-refractivity contribution in [3.8, 4) is 11.6 Å². The lowest BCUT2D eigenvalue weighted by molar-refractivity contribution is 0.0408. The van der Waals surface area contributed by atoms with Gasteiger partial charge >= 0.3 is 0 Å². The standard InChI is InChI=1S/C17H18N6O2/c24-17(13-23-11-9-19-21-23)7-10-22(12-17)16-18-8-6-15(20-16)25-14-4-2-1-3-5-14/h1-6,8-9,11,24H,7,10,12-13H2. The Morgan fingerprint density at radius 1 is 1.16 bits per heavy atom. The van der Waals surface area contributed by atoms with Crippen LogP contribution in [0.5, 0.6) is 11.6 Å². The highest BCUT2D eigenvalue weighted by molar-refractivity contribution is 5.36. The molecule has 0 spiro atoms. The zero-order chi connectivity index (χ0) is 17.1. The average molecular weight is 338 g/mol. The van der Waals surface area contributed by atoms with Crippen LogP contribution in [-0.4, -0.2) is 48.8 Å². The minimum Gasteiger partial charge on any atom is -0.439 e. The summed E-state index contributed by atoms with van der Waals surface area (Å²) >= 11 is 0. The number of nitrogens with zero attached hydrogens (tertiary/aromatic N) is 6. The van der Waals surface area contributed by atoms with Crippen LogP contribution in [0.4, 0.5) is 5.95 Å². The van der Waals surface area contributed by atoms with E-state index in [2.05, 4.69) is 20.3 Å². The summed E-state index contributed by atoms with van der Waals surface area (Å²) in [6.07, 6.45) is 5.62. The molecule has 0 radical (unpaired) electrons. The molecular formula is C17H18N6O2. The van der Waals surface area contributed by atoms with Gasteiger partial charge in [0.2, 0.25) is 11.8 Å². The molecule has 1 unspecified atom stereocenters. The average Bonchev–Trinajstić information content (AvgIpc) is 3.26. The molecule has 1 atom stereocenters. The van der Waals surface area contributed by atoms with Crippen LogP contribution in [0.3, 0.4) is 0 Å². The van der Waals surface area contributed by atoms with E-state index >= 15 is 0 Å². The van der Waals surface area contributed by atoms with Crippen molar-refractivity contribution in [1.29, 1.82) is 0 Å². The van der Waals surface area contributed by atoms with Gasteiger partial charge in [0.05, 0.1) is 19.3 Å². The quantitative estimate of drug-likeness (QED) is 0.754. The summed E-state index contributed by atoms with van der Waals surface area (Å²) in [5.41, 5.74) is -0.882. The number of hydrogen-bond acceptors (Lipinski definition) is 7. The molecule has 8 heteroatoms. The molecule has 0 saturated carbocycles. The van der Waals surface area contributed by atoms with Gasteiger partial charge in [-0.15, -0.1) is 5.10 Å². The number of ether oxygens (including phenoxy) is 1. The predicted octanol–water partition coefficient (Wildman–Crippen LogP) is 1.50. The summed E-state index contributed by atoms with van der Waals surface area (Å²) in [7, 11) is 0. The van der Waals surface area contributed by atoms with Crippen molar-refractivity contribution < 1.29 is 9.84 Å². The molecule has 3 heterocycles. The Morgan fingerprint density at radius 3 is 2.84 bits per heavy atom. The number of aromatic nitrogens is 5. The fraction of sp³-hybridized carbons (Fsp3) is 0.294. The van der Waals surface area contributed by atoms with Gasteiger partial charge in [0, 0.05) is 25.0 Å². The SMILES string of the molecule is OC1(Cn2ccnn2)CCN(c2nccc(Oc3ccccc3)n2)C1. The number of aliphatic hydroxyl groups is 1. The minimum absolute atomic E-state index is 0.393. The first-order chi connectivity index (χ1) is 12.2. The van der Waals surface area contributed by atoms with Crippen LogP contribution < -0.4 is 9.64 Å². The summed E-state index contributed by atoms with van der Waals surface area (Å²) in [6.45, 7) is 1.49. The topological polar surface area (TPSA) is 89.2 Å². The van der Waals surface area contributed by atoms with E-state index in [-0.39, 0.29) is 0 Å². The van der Waals surface area contributed by atoms with Crippen LogP contribution >= 0.6 is 0 Å². The molecule has 25 heavy (non-hydrogen) atoms. The van der Waals surface area contributed by atoms with Crippen molar-refractivity contribution in [2.75, 3.05) is 18.0 Å². The fourth-order valence-corrected chi connectivity index (χ4v) is 2.93. The zero-order valence-corrected chi connectivity index (χ0v) is 13.6. The molecule has 0 aliphatic carbocycles. The first-order valence-corrected chi connectivity index (χ1v) is 8.08. The second-order valence-electron chi connectivity index (χ2n) is 6.11. The summed E-state index contributed by atoms with van der Waals surface area (Å²) in [4.78, 5) is 10.7. The first kappa shape index (κ1) is 15.5. The van der Waals surface area contributed by atoms with Crippen LogP contribution in [0, 0.1) is 0 Å². The molecule has 128 valence electrons. The van der Waals surface area contributed by atoms with Gasteiger partial charge in [-0.3, -0.25) is 0 Å². The van der Waals surface area contributed by atoms with E-state index in [1.54, 1.807) is 29.3 Å². The molecule has 1 fully saturated rings. The highest BCUT2D eigenvalue weighted by Gasteiger charge is 2.38. The predicted molar refractivity (Wildman–Crippen MR) is 90.3 cm³/mol. The third-order valence-electron chi connectivity index (χ3n) is 4.13. The second kappa shape index (κ2) is 6.48. The molecule has 1 aliphatic heterocycles. The van der Waals surface area contributed by atoms with E-state index in [9.17, 15) is 5.11 Å². The normalized spacial score (nSPS) is 20.0. The van der Waals surface area contributed by atoms with Crippen LogP contribution in [0.15, 0.2) is 55.0 Å². The molecule has 0 bridgehead atoms. The molecular weight excluding hydrogens is 320 g/mol. The van der Waals surface area contributed by atoms with Crippen LogP contribution in [-0.2, 0) is 6.54 Å². The largest absolute Gasteiger partial charge is 0.439 e. The van der Waals surface area contributed by atoms with Gasteiger partial charge in [-0.05, 0) is 18.6 Å². The molecule has 1 saturated heterocycles. The second-order valence-corrected chi connectivity index (χ2v) is 6.11. The molecule has 1 aromatic carbocycles. The zero-order valence-electron chi connectivity index (χ0n) is 13.6. The van der Waals surface area contributed by atoms with Crippen molar-refractivity contribution >= 4 is 5.95 Å². The molecule has 4 rings (SSSR count). The number of benzene rings is 1. The Labute approximate surface area is 144 Å². The van der Waals surface area contributed by atoms with E-state index in [0.29, 0.717) is 37.9 Å². The van der Waals surface area contributed by atoms with E-state index in [1.807, 2.05) is 35.2 Å². The van der Waals surface area contributed by atoms with Gasteiger partial charge in [0.1, 0.15) is 11.4 Å². The Morgan fingerprint density at radius 2 is 2.04 bits per heavy atom. The van der Waals surface area contributed by atoms with Crippen molar-refractivity contribution in [2.24, 2.45) is 0 Å². The lowest BCUT2D eigenvalue weighted by Gasteiger charge is -2.23. The Bertz CT molecular complexity index is 826. The first-order valence-electron chi connectivity index (χ1n) is 8.08. The maximum atomic E-state index is 10.8. The molecule has 2 aromatic heterocycles. The van der Waals surface area contributed by atoms with E-state index in [1.165, 1.54) is 0 Å². The van der Waals surface area contributed by atoms with E-state index < -0.39 is 5.60 Å². The highest BCUT2D eigenvalue weighted by atomic mass is 16.5. The monoisotopic (exact) mass is 338 g/mol. The molecule has 0 amide bonds. The number of hydrogen-bond donors (Lipinski definition) is 1. The van der Waals surface area contributed by atoms with Crippen molar-refractivity contribution in [2.45, 2.75) is 18.6 Å². The van der Waals surface area contributed by atoms with Gasteiger partial charge in [-0.25, -0.2) is 9.67 Å². The summed E-state index contributed by atoms with van der Waals surface area (Å²) in [5, 5.41) is 18.5. The Hall–Kier alpha value is -3.00. The number of rotatable bonds is 5. The fourth-order valence-electron chi connectivity index (χ4n) is 2.93. The van der Waals surface area contributed by atoms with Crippen LogP contribution in [0.2, 0.25) is 0 Å². The smallest absolute Gasteiger partial charge is 0.228 e. The van der Waals surface area contributed by atoms with Gasteiger partial charge in [-0.1, -0.05) is 23.4 Å². The lowest BCUT2D eigenvalue weighted by atomic mass is 10.0. The summed E-state index contributed by atoms with van der Waals surface area (Å²) in [5.74, 6) is 1.74. The van der Waals surface area contributed by atoms with Gasteiger partial charge in [-0.2, -0.15) is 4.98 Å². The third kappa shape index (κ3) is 3.58. The van der Waals surface area contributed by atoms with Gasteiger partial charge in [0.25, 0.3) is 0 Å². The number of anilines is 1.